The lowest BCUT2D eigenvalue weighted by Gasteiger charge is -2.38. The second-order valence-corrected chi connectivity index (χ2v) is 5.74. The maximum atomic E-state index is 6.09. The van der Waals surface area contributed by atoms with Gasteiger partial charge in [-0.05, 0) is 44.1 Å². The van der Waals surface area contributed by atoms with E-state index in [1.165, 1.54) is 19.3 Å². The van der Waals surface area contributed by atoms with Crippen molar-refractivity contribution in [3.8, 4) is 0 Å². The molecule has 0 saturated heterocycles. The first-order valence-electron chi connectivity index (χ1n) is 7.52. The monoisotopic (exact) mass is 257 g/mol. The fourth-order valence-electron chi connectivity index (χ4n) is 2.88. The highest BCUT2D eigenvalue weighted by atomic mass is 16.5. The normalized spacial score (nSPS) is 28.8. The lowest BCUT2D eigenvalue weighted by Crippen LogP contribution is -2.46. The number of rotatable bonds is 8. The Morgan fingerprint density at radius 2 is 2.00 bits per heavy atom. The predicted octanol–water partition coefficient (Wildman–Crippen LogP) is 2.84. The Labute approximate surface area is 113 Å². The molecule has 0 aromatic heterocycles. The molecule has 3 nitrogen and oxygen atoms in total. The molecule has 0 heterocycles. The fraction of sp³-hybridized carbons (Fsp3) is 1.00. The summed E-state index contributed by atoms with van der Waals surface area (Å²) in [5.74, 6) is 1.60. The number of ether oxygens (including phenoxy) is 2. The molecule has 1 aliphatic rings. The summed E-state index contributed by atoms with van der Waals surface area (Å²) >= 11 is 0. The highest BCUT2D eigenvalue weighted by Crippen LogP contribution is 2.31. The van der Waals surface area contributed by atoms with Gasteiger partial charge in [0, 0.05) is 26.4 Å². The maximum Gasteiger partial charge on any atom is 0.0730 e. The van der Waals surface area contributed by atoms with E-state index in [1.54, 1.807) is 7.11 Å². The molecule has 0 radical (unpaired) electrons. The second-order valence-electron chi connectivity index (χ2n) is 5.74. The van der Waals surface area contributed by atoms with E-state index < -0.39 is 0 Å². The van der Waals surface area contributed by atoms with Gasteiger partial charge in [-0.3, -0.25) is 0 Å². The number of methoxy groups -OCH3 is 1. The zero-order valence-corrected chi connectivity index (χ0v) is 12.6. The van der Waals surface area contributed by atoms with Crippen LogP contribution in [-0.2, 0) is 9.47 Å². The van der Waals surface area contributed by atoms with Crippen LogP contribution in [0.2, 0.25) is 0 Å². The van der Waals surface area contributed by atoms with Gasteiger partial charge in [-0.25, -0.2) is 0 Å². The third kappa shape index (κ3) is 5.25. The maximum absolute atomic E-state index is 6.09. The highest BCUT2D eigenvalue weighted by molar-refractivity contribution is 4.86. The Balaban J connectivity index is 2.39. The van der Waals surface area contributed by atoms with Crippen molar-refractivity contribution in [2.45, 2.75) is 58.6 Å². The molecule has 3 atom stereocenters. The number of hydrogen-bond acceptors (Lipinski definition) is 3. The third-order valence-corrected chi connectivity index (χ3v) is 4.07. The van der Waals surface area contributed by atoms with Gasteiger partial charge in [-0.2, -0.15) is 0 Å². The Morgan fingerprint density at radius 3 is 2.61 bits per heavy atom. The first kappa shape index (κ1) is 15.9. The smallest absolute Gasteiger partial charge is 0.0730 e. The van der Waals surface area contributed by atoms with E-state index in [9.17, 15) is 0 Å². The Bertz CT molecular complexity index is 209. The second kappa shape index (κ2) is 8.89. The Morgan fingerprint density at radius 1 is 1.22 bits per heavy atom. The number of nitrogens with one attached hydrogen (secondary N) is 1. The molecule has 108 valence electrons. The van der Waals surface area contributed by atoms with Crippen LogP contribution in [0.15, 0.2) is 0 Å². The van der Waals surface area contributed by atoms with Crippen molar-refractivity contribution in [3.05, 3.63) is 0 Å². The van der Waals surface area contributed by atoms with Crippen molar-refractivity contribution >= 4 is 0 Å². The SMILES string of the molecule is CCNC1CCC(C(C)C)CC1OCCCOC. The van der Waals surface area contributed by atoms with Crippen LogP contribution in [0.1, 0.15) is 46.5 Å². The number of hydrogen-bond donors (Lipinski definition) is 1. The van der Waals surface area contributed by atoms with E-state index in [4.69, 9.17) is 9.47 Å². The molecular weight excluding hydrogens is 226 g/mol. The van der Waals surface area contributed by atoms with Crippen molar-refractivity contribution < 1.29 is 9.47 Å². The summed E-state index contributed by atoms with van der Waals surface area (Å²) in [6, 6.07) is 0.549. The number of likely N-dealkylation sites (N-methyl/N-ethyl adjacent to an activating group) is 1. The molecule has 1 saturated carbocycles. The molecule has 0 amide bonds. The molecule has 0 aliphatic heterocycles. The van der Waals surface area contributed by atoms with Gasteiger partial charge in [0.1, 0.15) is 0 Å². The summed E-state index contributed by atoms with van der Waals surface area (Å²) in [4.78, 5) is 0. The lowest BCUT2D eigenvalue weighted by atomic mass is 9.78. The minimum absolute atomic E-state index is 0.392. The zero-order chi connectivity index (χ0) is 13.4. The average Bonchev–Trinajstić information content (AvgIpc) is 2.36. The van der Waals surface area contributed by atoms with Gasteiger partial charge >= 0.3 is 0 Å². The van der Waals surface area contributed by atoms with Crippen LogP contribution in [0.4, 0.5) is 0 Å². The van der Waals surface area contributed by atoms with Crippen LogP contribution < -0.4 is 5.32 Å². The fourth-order valence-corrected chi connectivity index (χ4v) is 2.88. The molecule has 1 aliphatic carbocycles. The first-order valence-corrected chi connectivity index (χ1v) is 7.52. The largest absolute Gasteiger partial charge is 0.385 e. The standard InChI is InChI=1S/C15H31NO2/c1-5-16-14-8-7-13(12(2)3)11-15(14)18-10-6-9-17-4/h12-16H,5-11H2,1-4H3. The van der Waals surface area contributed by atoms with Crippen LogP contribution >= 0.6 is 0 Å². The van der Waals surface area contributed by atoms with Crippen molar-refractivity contribution in [1.82, 2.24) is 5.32 Å². The minimum Gasteiger partial charge on any atom is -0.385 e. The first-order chi connectivity index (χ1) is 8.69. The van der Waals surface area contributed by atoms with E-state index in [0.29, 0.717) is 12.1 Å². The lowest BCUT2D eigenvalue weighted by molar-refractivity contribution is -0.0221. The van der Waals surface area contributed by atoms with Crippen molar-refractivity contribution in [2.75, 3.05) is 26.9 Å². The summed E-state index contributed by atoms with van der Waals surface area (Å²) in [5.41, 5.74) is 0. The van der Waals surface area contributed by atoms with Crippen LogP contribution in [-0.4, -0.2) is 39.0 Å². The molecule has 18 heavy (non-hydrogen) atoms. The van der Waals surface area contributed by atoms with Gasteiger partial charge in [0.2, 0.25) is 0 Å². The molecule has 1 N–H and O–H groups in total. The zero-order valence-electron chi connectivity index (χ0n) is 12.6. The van der Waals surface area contributed by atoms with Crippen LogP contribution in [0, 0.1) is 11.8 Å². The van der Waals surface area contributed by atoms with E-state index in [0.717, 1.165) is 38.0 Å². The minimum atomic E-state index is 0.392. The summed E-state index contributed by atoms with van der Waals surface area (Å²) in [6.45, 7) is 9.50. The van der Waals surface area contributed by atoms with Gasteiger partial charge in [-0.15, -0.1) is 0 Å². The highest BCUT2D eigenvalue weighted by Gasteiger charge is 2.31. The molecule has 0 bridgehead atoms. The van der Waals surface area contributed by atoms with Gasteiger partial charge in [0.05, 0.1) is 6.10 Å². The Hall–Kier alpha value is -0.120. The predicted molar refractivity (Wildman–Crippen MR) is 75.9 cm³/mol. The van der Waals surface area contributed by atoms with Gasteiger partial charge in [0.25, 0.3) is 0 Å². The van der Waals surface area contributed by atoms with Crippen LogP contribution in [0.5, 0.6) is 0 Å². The van der Waals surface area contributed by atoms with Crippen molar-refractivity contribution in [3.63, 3.8) is 0 Å². The van der Waals surface area contributed by atoms with E-state index in [-0.39, 0.29) is 0 Å². The summed E-state index contributed by atoms with van der Waals surface area (Å²) < 4.78 is 11.2. The van der Waals surface area contributed by atoms with Gasteiger partial charge in [-0.1, -0.05) is 20.8 Å². The van der Waals surface area contributed by atoms with E-state index in [2.05, 4.69) is 26.1 Å². The molecular formula is C15H31NO2. The van der Waals surface area contributed by atoms with E-state index >= 15 is 0 Å². The quantitative estimate of drug-likeness (QED) is 0.678. The molecule has 0 aromatic carbocycles. The topological polar surface area (TPSA) is 30.5 Å². The van der Waals surface area contributed by atoms with E-state index in [1.807, 2.05) is 0 Å². The summed E-state index contributed by atoms with van der Waals surface area (Å²) in [5, 5.41) is 3.58. The van der Waals surface area contributed by atoms with Crippen molar-refractivity contribution in [1.29, 1.82) is 0 Å². The molecule has 0 spiro atoms. The molecule has 1 fully saturated rings. The summed E-state index contributed by atoms with van der Waals surface area (Å²) in [7, 11) is 1.75. The average molecular weight is 257 g/mol. The van der Waals surface area contributed by atoms with Crippen LogP contribution in [0.25, 0.3) is 0 Å². The molecule has 3 heteroatoms. The molecule has 1 rings (SSSR count). The van der Waals surface area contributed by atoms with Gasteiger partial charge in [0.15, 0.2) is 0 Å². The Kier molecular flexibility index (Phi) is 7.87. The van der Waals surface area contributed by atoms with Crippen molar-refractivity contribution in [2.24, 2.45) is 11.8 Å². The van der Waals surface area contributed by atoms with Gasteiger partial charge < -0.3 is 14.8 Å². The molecule has 3 unspecified atom stereocenters. The van der Waals surface area contributed by atoms with Crippen LogP contribution in [0.3, 0.4) is 0 Å². The molecule has 0 aromatic rings. The summed E-state index contributed by atoms with van der Waals surface area (Å²) in [6.07, 6.45) is 5.20. The third-order valence-electron chi connectivity index (χ3n) is 4.07.